The van der Waals surface area contributed by atoms with Gasteiger partial charge in [-0.05, 0) is 37.5 Å². The Kier molecular flexibility index (Phi) is 4.99. The zero-order chi connectivity index (χ0) is 18.1. The van der Waals surface area contributed by atoms with Gasteiger partial charge in [0.15, 0.2) is 0 Å². The molecule has 2 fully saturated rings. The number of likely N-dealkylation sites (tertiary alicyclic amines) is 1. The van der Waals surface area contributed by atoms with Crippen LogP contribution < -0.4 is 4.90 Å². The third-order valence-corrected chi connectivity index (χ3v) is 5.43. The Morgan fingerprint density at radius 3 is 2.68 bits per heavy atom. The monoisotopic (exact) mass is 364 g/mol. The van der Waals surface area contributed by atoms with Gasteiger partial charge in [-0.2, -0.15) is 0 Å². The second kappa shape index (κ2) is 7.04. The third-order valence-electron chi connectivity index (χ3n) is 5.02. The smallest absolute Gasteiger partial charge is 0.308 e. The molecule has 0 aromatic heterocycles. The highest BCUT2D eigenvalue weighted by Crippen LogP contribution is 2.30. The number of piperidine rings is 1. The van der Waals surface area contributed by atoms with Gasteiger partial charge >= 0.3 is 5.97 Å². The van der Waals surface area contributed by atoms with Gasteiger partial charge in [0.2, 0.25) is 11.8 Å². The number of carbonyl (C=O) groups is 3. The van der Waals surface area contributed by atoms with E-state index in [0.717, 1.165) is 5.56 Å². The lowest BCUT2D eigenvalue weighted by Gasteiger charge is -2.32. The fourth-order valence-electron chi connectivity index (χ4n) is 3.51. The zero-order valence-electron chi connectivity index (χ0n) is 14.1. The van der Waals surface area contributed by atoms with E-state index in [1.54, 1.807) is 15.9 Å². The lowest BCUT2D eigenvalue weighted by atomic mass is 9.96. The number of rotatable bonds is 3. The molecule has 0 spiro atoms. The Morgan fingerprint density at radius 2 is 2.00 bits per heavy atom. The second-order valence-corrected chi connectivity index (χ2v) is 7.21. The van der Waals surface area contributed by atoms with Crippen molar-refractivity contribution in [3.63, 3.8) is 0 Å². The first kappa shape index (κ1) is 17.7. The molecule has 134 valence electrons. The Labute approximate surface area is 151 Å². The van der Waals surface area contributed by atoms with Crippen molar-refractivity contribution in [2.75, 3.05) is 24.5 Å². The maximum atomic E-state index is 12.7. The van der Waals surface area contributed by atoms with Crippen molar-refractivity contribution in [2.45, 2.75) is 26.2 Å². The molecule has 25 heavy (non-hydrogen) atoms. The number of amides is 2. The van der Waals surface area contributed by atoms with Crippen LogP contribution in [0, 0.1) is 18.8 Å². The first-order valence-electron chi connectivity index (χ1n) is 8.45. The van der Waals surface area contributed by atoms with Crippen molar-refractivity contribution < 1.29 is 19.5 Å². The lowest BCUT2D eigenvalue weighted by molar-refractivity contribution is -0.146. The summed E-state index contributed by atoms with van der Waals surface area (Å²) in [5.41, 5.74) is 1.62. The van der Waals surface area contributed by atoms with Gasteiger partial charge in [-0.1, -0.05) is 17.7 Å². The molecule has 3 rings (SSSR count). The van der Waals surface area contributed by atoms with Crippen molar-refractivity contribution in [1.29, 1.82) is 0 Å². The maximum Gasteiger partial charge on any atom is 0.308 e. The number of benzene rings is 1. The van der Waals surface area contributed by atoms with E-state index in [1.807, 2.05) is 19.1 Å². The van der Waals surface area contributed by atoms with Crippen LogP contribution >= 0.6 is 11.6 Å². The summed E-state index contributed by atoms with van der Waals surface area (Å²) in [4.78, 5) is 39.5. The summed E-state index contributed by atoms with van der Waals surface area (Å²) in [6.45, 7) is 2.99. The van der Waals surface area contributed by atoms with Gasteiger partial charge in [0, 0.05) is 36.8 Å². The molecule has 0 aliphatic carbocycles. The Balaban J connectivity index is 1.70. The van der Waals surface area contributed by atoms with Crippen LogP contribution in [0.4, 0.5) is 5.69 Å². The minimum absolute atomic E-state index is 0.106. The van der Waals surface area contributed by atoms with Crippen molar-refractivity contribution in [2.24, 2.45) is 11.8 Å². The second-order valence-electron chi connectivity index (χ2n) is 6.80. The van der Waals surface area contributed by atoms with Crippen LogP contribution in [-0.2, 0) is 14.4 Å². The van der Waals surface area contributed by atoms with E-state index < -0.39 is 17.8 Å². The van der Waals surface area contributed by atoms with Crippen LogP contribution in [0.1, 0.15) is 24.8 Å². The van der Waals surface area contributed by atoms with Gasteiger partial charge in [-0.15, -0.1) is 0 Å². The summed E-state index contributed by atoms with van der Waals surface area (Å²) in [6.07, 6.45) is 1.43. The summed E-state index contributed by atoms with van der Waals surface area (Å²) in [7, 11) is 0. The average Bonchev–Trinajstić information content (AvgIpc) is 2.98. The molecule has 2 amide bonds. The van der Waals surface area contributed by atoms with Gasteiger partial charge in [0.1, 0.15) is 0 Å². The van der Waals surface area contributed by atoms with Gasteiger partial charge in [0.25, 0.3) is 0 Å². The van der Waals surface area contributed by atoms with E-state index in [-0.39, 0.29) is 24.8 Å². The minimum atomic E-state index is -0.865. The van der Waals surface area contributed by atoms with Crippen molar-refractivity contribution >= 4 is 35.1 Å². The van der Waals surface area contributed by atoms with Crippen LogP contribution in [-0.4, -0.2) is 47.4 Å². The number of carboxylic acids is 1. The molecule has 2 heterocycles. The van der Waals surface area contributed by atoms with Crippen molar-refractivity contribution in [1.82, 2.24) is 4.90 Å². The Morgan fingerprint density at radius 1 is 1.24 bits per heavy atom. The molecular weight excluding hydrogens is 344 g/mol. The zero-order valence-corrected chi connectivity index (χ0v) is 14.8. The number of carboxylic acid groups (broad SMARTS) is 1. The molecule has 1 N–H and O–H groups in total. The number of aliphatic carboxylic acids is 1. The number of hydrogen-bond donors (Lipinski definition) is 1. The molecule has 0 radical (unpaired) electrons. The largest absolute Gasteiger partial charge is 0.481 e. The molecule has 2 saturated heterocycles. The highest BCUT2D eigenvalue weighted by atomic mass is 35.5. The highest BCUT2D eigenvalue weighted by Gasteiger charge is 2.39. The fourth-order valence-corrected chi connectivity index (χ4v) is 3.68. The van der Waals surface area contributed by atoms with E-state index in [9.17, 15) is 19.5 Å². The van der Waals surface area contributed by atoms with Crippen LogP contribution in [0.2, 0.25) is 5.02 Å². The predicted molar refractivity (Wildman–Crippen MR) is 93.6 cm³/mol. The average molecular weight is 365 g/mol. The number of aryl methyl sites for hydroxylation is 1. The van der Waals surface area contributed by atoms with Gasteiger partial charge < -0.3 is 14.9 Å². The normalized spacial score (nSPS) is 23.8. The number of anilines is 1. The molecule has 0 saturated carbocycles. The lowest BCUT2D eigenvalue weighted by Crippen LogP contribution is -2.45. The highest BCUT2D eigenvalue weighted by molar-refractivity contribution is 6.31. The maximum absolute atomic E-state index is 12.7. The molecule has 7 heteroatoms. The molecule has 0 bridgehead atoms. The molecular formula is C18H21ClN2O4. The van der Waals surface area contributed by atoms with E-state index in [4.69, 9.17) is 11.6 Å². The first-order valence-corrected chi connectivity index (χ1v) is 8.82. The predicted octanol–water partition coefficient (Wildman–Crippen LogP) is 2.32. The molecule has 2 aliphatic rings. The SMILES string of the molecule is Cc1ccc(N2C[C@H](C(=O)N3CCC[C@@H](C(=O)O)C3)CC2=O)cc1Cl. The molecule has 2 aliphatic heterocycles. The quantitative estimate of drug-likeness (QED) is 0.892. The van der Waals surface area contributed by atoms with Crippen LogP contribution in [0.25, 0.3) is 0 Å². The topological polar surface area (TPSA) is 77.9 Å². The standard InChI is InChI=1S/C18H21ClN2O4/c1-11-4-5-14(8-15(11)19)21-10-13(7-16(21)22)17(23)20-6-2-3-12(9-20)18(24)25/h4-5,8,12-13H,2-3,6-7,9-10H2,1H3,(H,24,25)/t12-,13-/m1/s1. The molecule has 1 aromatic rings. The van der Waals surface area contributed by atoms with Crippen molar-refractivity contribution in [3.8, 4) is 0 Å². The Bertz CT molecular complexity index is 721. The minimum Gasteiger partial charge on any atom is -0.481 e. The van der Waals surface area contributed by atoms with Gasteiger partial charge in [-0.25, -0.2) is 0 Å². The molecule has 1 aromatic carbocycles. The van der Waals surface area contributed by atoms with E-state index in [2.05, 4.69) is 0 Å². The summed E-state index contributed by atoms with van der Waals surface area (Å²) in [5, 5.41) is 9.76. The van der Waals surface area contributed by atoms with Gasteiger partial charge in [0.05, 0.1) is 11.8 Å². The molecule has 2 atom stereocenters. The number of halogens is 1. The van der Waals surface area contributed by atoms with E-state index in [1.165, 1.54) is 0 Å². The van der Waals surface area contributed by atoms with Gasteiger partial charge in [-0.3, -0.25) is 14.4 Å². The van der Waals surface area contributed by atoms with Crippen LogP contribution in [0.5, 0.6) is 0 Å². The molecule has 6 nitrogen and oxygen atoms in total. The first-order chi connectivity index (χ1) is 11.9. The summed E-state index contributed by atoms with van der Waals surface area (Å²) in [5.74, 6) is -2.04. The van der Waals surface area contributed by atoms with Crippen molar-refractivity contribution in [3.05, 3.63) is 28.8 Å². The third kappa shape index (κ3) is 3.63. The van der Waals surface area contributed by atoms with E-state index >= 15 is 0 Å². The van der Waals surface area contributed by atoms with Crippen LogP contribution in [0.15, 0.2) is 18.2 Å². The summed E-state index contributed by atoms with van der Waals surface area (Å²) < 4.78 is 0. The summed E-state index contributed by atoms with van der Waals surface area (Å²) in [6, 6.07) is 5.42. The number of carbonyl (C=O) groups excluding carboxylic acids is 2. The Hall–Kier alpha value is -2.08. The summed E-state index contributed by atoms with van der Waals surface area (Å²) >= 11 is 6.14. The molecule has 0 unspecified atom stereocenters. The number of nitrogens with zero attached hydrogens (tertiary/aromatic N) is 2. The number of hydrogen-bond acceptors (Lipinski definition) is 3. The fraction of sp³-hybridized carbons (Fsp3) is 0.500. The van der Waals surface area contributed by atoms with E-state index in [0.29, 0.717) is 36.6 Å². The van der Waals surface area contributed by atoms with Crippen LogP contribution in [0.3, 0.4) is 0 Å².